The Hall–Kier alpha value is -0.420. The number of hydrogen-bond donors (Lipinski definition) is 3. The first-order valence-corrected chi connectivity index (χ1v) is 5.67. The van der Waals surface area contributed by atoms with Gasteiger partial charge in [-0.2, -0.15) is 0 Å². The highest BCUT2D eigenvalue weighted by Crippen LogP contribution is 2.17. The molecule has 15 heavy (non-hydrogen) atoms. The first-order valence-electron chi connectivity index (χ1n) is 4.88. The van der Waals surface area contributed by atoms with Crippen LogP contribution in [0.3, 0.4) is 0 Å². The molecule has 1 atom stereocenters. The number of benzene rings is 1. The average molecular weight is 274 g/mol. The van der Waals surface area contributed by atoms with Crippen molar-refractivity contribution in [2.24, 2.45) is 0 Å². The minimum Gasteiger partial charge on any atom is -0.394 e. The molecule has 1 aromatic carbocycles. The van der Waals surface area contributed by atoms with Crippen molar-refractivity contribution in [1.82, 2.24) is 5.32 Å². The van der Waals surface area contributed by atoms with Crippen molar-refractivity contribution in [3.8, 4) is 0 Å². The maximum atomic E-state index is 9.13. The van der Waals surface area contributed by atoms with Crippen molar-refractivity contribution in [2.45, 2.75) is 19.6 Å². The van der Waals surface area contributed by atoms with Crippen LogP contribution in [0.25, 0.3) is 0 Å². The van der Waals surface area contributed by atoms with Crippen LogP contribution >= 0.6 is 15.9 Å². The molecule has 0 radical (unpaired) electrons. The fourth-order valence-electron chi connectivity index (χ4n) is 1.23. The van der Waals surface area contributed by atoms with E-state index in [4.69, 9.17) is 10.2 Å². The molecule has 0 aliphatic carbocycles. The third kappa shape index (κ3) is 4.30. The molecule has 4 heteroatoms. The molecule has 0 spiro atoms. The zero-order valence-corrected chi connectivity index (χ0v) is 10.3. The maximum Gasteiger partial charge on any atom is 0.0895 e. The van der Waals surface area contributed by atoms with Crippen LogP contribution in [0.15, 0.2) is 22.7 Å². The van der Waals surface area contributed by atoms with Crippen molar-refractivity contribution in [2.75, 3.05) is 13.2 Å². The molecule has 0 aliphatic rings. The van der Waals surface area contributed by atoms with Gasteiger partial charge in [-0.3, -0.25) is 0 Å². The van der Waals surface area contributed by atoms with Crippen LogP contribution in [0, 0.1) is 6.92 Å². The van der Waals surface area contributed by atoms with Crippen molar-refractivity contribution < 1.29 is 10.2 Å². The highest BCUT2D eigenvalue weighted by atomic mass is 79.9. The summed E-state index contributed by atoms with van der Waals surface area (Å²) in [7, 11) is 0. The molecule has 3 nitrogen and oxygen atoms in total. The second kappa shape index (κ2) is 6.23. The number of aryl methyl sites for hydroxylation is 1. The Bertz CT molecular complexity index is 317. The fourth-order valence-corrected chi connectivity index (χ4v) is 1.87. The number of halogens is 1. The Labute approximate surface area is 98.3 Å². The molecular formula is C11H16BrNO2. The van der Waals surface area contributed by atoms with E-state index in [0.717, 1.165) is 10.0 Å². The second-order valence-electron chi connectivity index (χ2n) is 3.56. The van der Waals surface area contributed by atoms with Crippen molar-refractivity contribution in [3.63, 3.8) is 0 Å². The highest BCUT2D eigenvalue weighted by Gasteiger charge is 2.02. The van der Waals surface area contributed by atoms with Crippen LogP contribution in [0.4, 0.5) is 0 Å². The third-order valence-corrected chi connectivity index (χ3v) is 2.85. The minimum atomic E-state index is -0.686. The average Bonchev–Trinajstić information content (AvgIpc) is 2.21. The first kappa shape index (κ1) is 12.6. The van der Waals surface area contributed by atoms with Gasteiger partial charge in [0.1, 0.15) is 0 Å². The molecule has 0 saturated carbocycles. The van der Waals surface area contributed by atoms with Crippen molar-refractivity contribution >= 4 is 15.9 Å². The van der Waals surface area contributed by atoms with Crippen LogP contribution in [0.2, 0.25) is 0 Å². The maximum absolute atomic E-state index is 9.13. The number of aliphatic hydroxyl groups is 2. The Morgan fingerprint density at radius 1 is 1.47 bits per heavy atom. The van der Waals surface area contributed by atoms with E-state index >= 15 is 0 Å². The lowest BCUT2D eigenvalue weighted by Crippen LogP contribution is -2.29. The van der Waals surface area contributed by atoms with Gasteiger partial charge in [0, 0.05) is 17.6 Å². The fraction of sp³-hybridized carbons (Fsp3) is 0.455. The Kier molecular flexibility index (Phi) is 5.25. The summed E-state index contributed by atoms with van der Waals surface area (Å²) in [5, 5.41) is 20.8. The first-order chi connectivity index (χ1) is 7.13. The Balaban J connectivity index is 2.44. The largest absolute Gasteiger partial charge is 0.394 e. The molecule has 0 aromatic heterocycles. The number of aliphatic hydroxyl groups excluding tert-OH is 2. The SMILES string of the molecule is Cc1ccc(CNCC(O)CO)c(Br)c1. The van der Waals surface area contributed by atoms with Crippen LogP contribution in [-0.4, -0.2) is 29.5 Å². The van der Waals surface area contributed by atoms with Gasteiger partial charge in [-0.25, -0.2) is 0 Å². The number of hydrogen-bond acceptors (Lipinski definition) is 3. The van der Waals surface area contributed by atoms with E-state index in [1.165, 1.54) is 5.56 Å². The van der Waals surface area contributed by atoms with Crippen LogP contribution in [0.1, 0.15) is 11.1 Å². The normalized spacial score (nSPS) is 12.8. The molecule has 0 heterocycles. The van der Waals surface area contributed by atoms with E-state index < -0.39 is 6.10 Å². The lowest BCUT2D eigenvalue weighted by molar-refractivity contribution is 0.0942. The molecule has 0 saturated heterocycles. The van der Waals surface area contributed by atoms with Gasteiger partial charge in [0.05, 0.1) is 12.7 Å². The standard InChI is InChI=1S/C11H16BrNO2/c1-8-2-3-9(11(12)4-8)5-13-6-10(15)7-14/h2-4,10,13-15H,5-7H2,1H3. The molecule has 1 rings (SSSR count). The van der Waals surface area contributed by atoms with E-state index in [1.54, 1.807) is 0 Å². The zero-order valence-electron chi connectivity index (χ0n) is 8.70. The minimum absolute atomic E-state index is 0.206. The molecule has 1 aromatic rings. The van der Waals surface area contributed by atoms with Gasteiger partial charge in [0.15, 0.2) is 0 Å². The summed E-state index contributed by atoms with van der Waals surface area (Å²) in [4.78, 5) is 0. The van der Waals surface area contributed by atoms with Crippen molar-refractivity contribution in [1.29, 1.82) is 0 Å². The summed E-state index contributed by atoms with van der Waals surface area (Å²) in [6.45, 7) is 2.91. The topological polar surface area (TPSA) is 52.5 Å². The van der Waals surface area contributed by atoms with E-state index in [1.807, 2.05) is 19.1 Å². The van der Waals surface area contributed by atoms with E-state index in [0.29, 0.717) is 13.1 Å². The highest BCUT2D eigenvalue weighted by molar-refractivity contribution is 9.10. The number of nitrogens with one attached hydrogen (secondary N) is 1. The summed E-state index contributed by atoms with van der Waals surface area (Å²) in [5.41, 5.74) is 2.35. The molecule has 84 valence electrons. The Morgan fingerprint density at radius 3 is 2.80 bits per heavy atom. The van der Waals surface area contributed by atoms with Gasteiger partial charge in [0.25, 0.3) is 0 Å². The number of rotatable bonds is 5. The summed E-state index contributed by atoms with van der Waals surface area (Å²) in [5.74, 6) is 0. The molecule has 0 amide bonds. The van der Waals surface area contributed by atoms with Gasteiger partial charge in [-0.1, -0.05) is 28.1 Å². The summed E-state index contributed by atoms with van der Waals surface area (Å²) < 4.78 is 1.06. The Morgan fingerprint density at radius 2 is 2.20 bits per heavy atom. The summed E-state index contributed by atoms with van der Waals surface area (Å²) in [6, 6.07) is 6.14. The van der Waals surface area contributed by atoms with E-state index in [2.05, 4.69) is 27.3 Å². The van der Waals surface area contributed by atoms with Gasteiger partial charge in [-0.05, 0) is 24.1 Å². The van der Waals surface area contributed by atoms with Crippen molar-refractivity contribution in [3.05, 3.63) is 33.8 Å². The molecule has 0 bridgehead atoms. The smallest absolute Gasteiger partial charge is 0.0895 e. The second-order valence-corrected chi connectivity index (χ2v) is 4.42. The molecular weight excluding hydrogens is 258 g/mol. The van der Waals surface area contributed by atoms with Gasteiger partial charge in [0.2, 0.25) is 0 Å². The predicted octanol–water partition coefficient (Wildman–Crippen LogP) is 1.20. The summed E-state index contributed by atoms with van der Waals surface area (Å²) >= 11 is 3.48. The van der Waals surface area contributed by atoms with E-state index in [-0.39, 0.29) is 6.61 Å². The third-order valence-electron chi connectivity index (χ3n) is 2.11. The van der Waals surface area contributed by atoms with Gasteiger partial charge >= 0.3 is 0 Å². The molecule has 3 N–H and O–H groups in total. The van der Waals surface area contributed by atoms with Crippen LogP contribution in [0.5, 0.6) is 0 Å². The molecule has 1 unspecified atom stereocenters. The van der Waals surface area contributed by atoms with Crippen LogP contribution < -0.4 is 5.32 Å². The zero-order chi connectivity index (χ0) is 11.3. The lowest BCUT2D eigenvalue weighted by Gasteiger charge is -2.10. The predicted molar refractivity (Wildman–Crippen MR) is 63.7 cm³/mol. The summed E-state index contributed by atoms with van der Waals surface area (Å²) in [6.07, 6.45) is -0.686. The van der Waals surface area contributed by atoms with Gasteiger partial charge in [-0.15, -0.1) is 0 Å². The van der Waals surface area contributed by atoms with Gasteiger partial charge < -0.3 is 15.5 Å². The quantitative estimate of drug-likeness (QED) is 0.756. The molecule has 0 aliphatic heterocycles. The monoisotopic (exact) mass is 273 g/mol. The lowest BCUT2D eigenvalue weighted by atomic mass is 10.1. The van der Waals surface area contributed by atoms with E-state index in [9.17, 15) is 0 Å². The van der Waals surface area contributed by atoms with Crippen LogP contribution in [-0.2, 0) is 6.54 Å². The molecule has 0 fully saturated rings.